The zero-order valence-corrected chi connectivity index (χ0v) is 15.6. The maximum atomic E-state index is 12.8. The van der Waals surface area contributed by atoms with Crippen LogP contribution in [0.4, 0.5) is 11.4 Å². The molecule has 1 aliphatic rings. The lowest BCUT2D eigenvalue weighted by Crippen LogP contribution is -2.43. The van der Waals surface area contributed by atoms with E-state index >= 15 is 0 Å². The third-order valence-corrected chi connectivity index (χ3v) is 4.58. The third-order valence-electron chi connectivity index (χ3n) is 4.58. The number of non-ortho nitro benzene ring substituents is 1. The Kier molecular flexibility index (Phi) is 5.54. The fourth-order valence-corrected chi connectivity index (χ4v) is 3.27. The molecule has 0 bridgehead atoms. The second-order valence-corrected chi connectivity index (χ2v) is 6.65. The molecule has 0 aromatic heterocycles. The topological polar surface area (TPSA) is 89.7 Å². The van der Waals surface area contributed by atoms with Crippen LogP contribution in [-0.4, -0.2) is 28.9 Å². The highest BCUT2D eigenvalue weighted by atomic mass is 16.6. The van der Waals surface area contributed by atoms with Crippen LogP contribution in [0.5, 0.6) is 0 Å². The lowest BCUT2D eigenvalue weighted by molar-refractivity contribution is -0.384. The number of nitrogens with zero attached hydrogens (tertiary/aromatic N) is 2. The van der Waals surface area contributed by atoms with E-state index in [0.717, 1.165) is 23.7 Å². The van der Waals surface area contributed by atoms with Crippen molar-refractivity contribution in [3.05, 3.63) is 75.8 Å². The molecule has 0 spiro atoms. The lowest BCUT2D eigenvalue weighted by atomic mass is 10.1. The molecule has 0 saturated carbocycles. The van der Waals surface area contributed by atoms with Gasteiger partial charge >= 0.3 is 5.97 Å². The van der Waals surface area contributed by atoms with Crippen LogP contribution in [0.2, 0.25) is 0 Å². The van der Waals surface area contributed by atoms with Crippen molar-refractivity contribution in [2.45, 2.75) is 32.4 Å². The van der Waals surface area contributed by atoms with Crippen molar-refractivity contribution in [3.63, 3.8) is 0 Å². The number of hydrogen-bond acceptors (Lipinski definition) is 5. The number of esters is 1. The summed E-state index contributed by atoms with van der Waals surface area (Å²) < 4.78 is 5.24. The van der Waals surface area contributed by atoms with E-state index in [2.05, 4.69) is 0 Å². The maximum absolute atomic E-state index is 12.8. The summed E-state index contributed by atoms with van der Waals surface area (Å²) in [5, 5.41) is 10.8. The number of carbonyl (C=O) groups is 2. The number of para-hydroxylation sites is 1. The van der Waals surface area contributed by atoms with Crippen LogP contribution in [0.1, 0.15) is 25.0 Å². The van der Waals surface area contributed by atoms with Gasteiger partial charge in [0, 0.05) is 29.9 Å². The van der Waals surface area contributed by atoms with Crippen LogP contribution >= 0.6 is 0 Å². The zero-order chi connectivity index (χ0) is 20.3. The predicted octanol–water partition coefficient (Wildman–Crippen LogP) is 3.52. The van der Waals surface area contributed by atoms with Gasteiger partial charge in [-0.15, -0.1) is 0 Å². The number of rotatable bonds is 5. The summed E-state index contributed by atoms with van der Waals surface area (Å²) in [6, 6.07) is 13.5. The molecule has 2 aromatic rings. The minimum Gasteiger partial charge on any atom is -0.449 e. The van der Waals surface area contributed by atoms with E-state index in [1.807, 2.05) is 31.2 Å². The fourth-order valence-electron chi connectivity index (χ4n) is 3.27. The molecule has 7 heteroatoms. The summed E-state index contributed by atoms with van der Waals surface area (Å²) in [5.41, 5.74) is 2.36. The Hall–Kier alpha value is -3.48. The molecular formula is C21H20N2O5. The molecule has 144 valence electrons. The molecule has 0 fully saturated rings. The second-order valence-electron chi connectivity index (χ2n) is 6.65. The van der Waals surface area contributed by atoms with E-state index in [1.165, 1.54) is 31.2 Å². The van der Waals surface area contributed by atoms with Gasteiger partial charge in [0.2, 0.25) is 0 Å². The number of carbonyl (C=O) groups excluding carboxylic acids is 2. The number of nitro benzene ring substituents is 1. The molecule has 0 radical (unpaired) electrons. The zero-order valence-electron chi connectivity index (χ0n) is 15.6. The van der Waals surface area contributed by atoms with Crippen LogP contribution in [0, 0.1) is 10.1 Å². The van der Waals surface area contributed by atoms with Crippen LogP contribution < -0.4 is 4.90 Å². The smallest absolute Gasteiger partial charge is 0.331 e. The fraction of sp³-hybridized carbons (Fsp3) is 0.238. The van der Waals surface area contributed by atoms with E-state index in [0.29, 0.717) is 5.56 Å². The number of ether oxygens (including phenoxy) is 1. The number of anilines is 1. The van der Waals surface area contributed by atoms with Crippen LogP contribution in [-0.2, 0) is 20.7 Å². The molecule has 1 heterocycles. The molecule has 2 aromatic carbocycles. The van der Waals surface area contributed by atoms with Crippen LogP contribution in [0.25, 0.3) is 6.08 Å². The van der Waals surface area contributed by atoms with E-state index in [1.54, 1.807) is 11.0 Å². The first-order chi connectivity index (χ1) is 13.4. The minimum absolute atomic E-state index is 0.00791. The highest BCUT2D eigenvalue weighted by molar-refractivity contribution is 6.00. The van der Waals surface area contributed by atoms with Gasteiger partial charge in [-0.05, 0) is 43.5 Å². The van der Waals surface area contributed by atoms with Crippen molar-refractivity contribution < 1.29 is 19.2 Å². The number of nitro groups is 1. The molecule has 3 rings (SSSR count). The summed E-state index contributed by atoms with van der Waals surface area (Å²) in [4.78, 5) is 36.8. The summed E-state index contributed by atoms with van der Waals surface area (Å²) in [5.74, 6) is -0.970. The van der Waals surface area contributed by atoms with Gasteiger partial charge < -0.3 is 9.64 Å². The quantitative estimate of drug-likeness (QED) is 0.343. The average Bonchev–Trinajstić information content (AvgIpc) is 3.01. The van der Waals surface area contributed by atoms with Crippen molar-refractivity contribution in [2.24, 2.45) is 0 Å². The van der Waals surface area contributed by atoms with Gasteiger partial charge in [-0.1, -0.05) is 30.3 Å². The number of fused-ring (bicyclic) bond motifs is 1. The molecule has 2 atom stereocenters. The first kappa shape index (κ1) is 19.3. The largest absolute Gasteiger partial charge is 0.449 e. The maximum Gasteiger partial charge on any atom is 0.331 e. The standard InChI is InChI=1S/C21H20N2O5/c1-14-12-17-7-3-4-9-19(17)22(14)21(25)15(2)28-20(24)11-10-16-6-5-8-18(13-16)23(26)27/h3-11,13-15H,12H2,1-2H3/b11-10+/t14-,15+/m0/s1. The molecule has 0 saturated heterocycles. The molecular weight excluding hydrogens is 360 g/mol. The van der Waals surface area contributed by atoms with Crippen molar-refractivity contribution in [3.8, 4) is 0 Å². The van der Waals surface area contributed by atoms with Crippen molar-refractivity contribution in [1.82, 2.24) is 0 Å². The van der Waals surface area contributed by atoms with Gasteiger partial charge in [0.15, 0.2) is 6.10 Å². The molecule has 7 nitrogen and oxygen atoms in total. The van der Waals surface area contributed by atoms with Gasteiger partial charge in [0.25, 0.3) is 11.6 Å². The first-order valence-corrected chi connectivity index (χ1v) is 8.91. The summed E-state index contributed by atoms with van der Waals surface area (Å²) in [6.07, 6.45) is 2.38. The normalized spacial score (nSPS) is 16.6. The Morgan fingerprint density at radius 2 is 2.00 bits per heavy atom. The summed E-state index contributed by atoms with van der Waals surface area (Å²) in [6.45, 7) is 3.49. The molecule has 0 aliphatic carbocycles. The van der Waals surface area contributed by atoms with Gasteiger partial charge in [0.05, 0.1) is 4.92 Å². The van der Waals surface area contributed by atoms with E-state index in [-0.39, 0.29) is 17.6 Å². The van der Waals surface area contributed by atoms with Gasteiger partial charge in [-0.2, -0.15) is 0 Å². The molecule has 0 unspecified atom stereocenters. The highest BCUT2D eigenvalue weighted by Gasteiger charge is 2.34. The van der Waals surface area contributed by atoms with E-state index in [4.69, 9.17) is 4.74 Å². The summed E-state index contributed by atoms with van der Waals surface area (Å²) in [7, 11) is 0. The van der Waals surface area contributed by atoms with Crippen LogP contribution in [0.3, 0.4) is 0 Å². The second kappa shape index (κ2) is 8.04. The van der Waals surface area contributed by atoms with E-state index in [9.17, 15) is 19.7 Å². The van der Waals surface area contributed by atoms with Gasteiger partial charge in [-0.3, -0.25) is 14.9 Å². The number of amides is 1. The number of benzene rings is 2. The Labute approximate surface area is 162 Å². The highest BCUT2D eigenvalue weighted by Crippen LogP contribution is 2.32. The summed E-state index contributed by atoms with van der Waals surface area (Å²) >= 11 is 0. The van der Waals surface area contributed by atoms with Crippen molar-refractivity contribution >= 4 is 29.3 Å². The van der Waals surface area contributed by atoms with Crippen molar-refractivity contribution in [1.29, 1.82) is 0 Å². The monoisotopic (exact) mass is 380 g/mol. The SMILES string of the molecule is C[C@@H](OC(=O)/C=C/c1cccc([N+](=O)[O-])c1)C(=O)N1c2ccccc2C[C@@H]1C. The first-order valence-electron chi connectivity index (χ1n) is 8.91. The molecule has 28 heavy (non-hydrogen) atoms. The Morgan fingerprint density at radius 3 is 2.75 bits per heavy atom. The average molecular weight is 380 g/mol. The molecule has 0 N–H and O–H groups in total. The van der Waals surface area contributed by atoms with Gasteiger partial charge in [-0.25, -0.2) is 4.79 Å². The predicted molar refractivity (Wildman–Crippen MR) is 105 cm³/mol. The van der Waals surface area contributed by atoms with E-state index < -0.39 is 17.0 Å². The van der Waals surface area contributed by atoms with Crippen LogP contribution in [0.15, 0.2) is 54.6 Å². The Balaban J connectivity index is 1.65. The Bertz CT molecular complexity index is 953. The minimum atomic E-state index is -0.948. The number of hydrogen-bond donors (Lipinski definition) is 0. The van der Waals surface area contributed by atoms with Crippen molar-refractivity contribution in [2.75, 3.05) is 4.90 Å². The lowest BCUT2D eigenvalue weighted by Gasteiger charge is -2.25. The van der Waals surface area contributed by atoms with Gasteiger partial charge in [0.1, 0.15) is 0 Å². The molecule has 1 aliphatic heterocycles. The third kappa shape index (κ3) is 4.09. The molecule has 1 amide bonds. The Morgan fingerprint density at radius 1 is 1.25 bits per heavy atom.